The van der Waals surface area contributed by atoms with Gasteiger partial charge in [-0.3, -0.25) is 14.5 Å². The fraction of sp³-hybridized carbons (Fsp3) is 0.290. The molecular weight excluding hydrogens is 482 g/mol. The van der Waals surface area contributed by atoms with Gasteiger partial charge in [0.1, 0.15) is 23.0 Å². The number of carbonyl (C=O) groups is 2. The van der Waals surface area contributed by atoms with Crippen molar-refractivity contribution in [2.24, 2.45) is 0 Å². The van der Waals surface area contributed by atoms with Crippen molar-refractivity contribution in [2.45, 2.75) is 39.2 Å². The highest BCUT2D eigenvalue weighted by Crippen LogP contribution is 2.44. The van der Waals surface area contributed by atoms with E-state index in [1.807, 2.05) is 26.8 Å². The van der Waals surface area contributed by atoms with Gasteiger partial charge in [0.2, 0.25) is 0 Å². The number of methoxy groups -OCH3 is 2. The van der Waals surface area contributed by atoms with E-state index in [4.69, 9.17) is 14.2 Å². The van der Waals surface area contributed by atoms with Crippen LogP contribution in [0.4, 0.5) is 5.69 Å². The summed E-state index contributed by atoms with van der Waals surface area (Å²) in [5, 5.41) is 11.6. The lowest BCUT2D eigenvalue weighted by Crippen LogP contribution is -2.29. The molecule has 1 aliphatic rings. The number of hydrogen-bond acceptors (Lipinski definition) is 6. The Balaban J connectivity index is 1.92. The Morgan fingerprint density at radius 3 is 2.37 bits per heavy atom. The first kappa shape index (κ1) is 26.8. The molecule has 7 heteroatoms. The van der Waals surface area contributed by atoms with Crippen molar-refractivity contribution in [3.63, 3.8) is 0 Å². The van der Waals surface area contributed by atoms with Gasteiger partial charge in [0.25, 0.3) is 11.7 Å². The summed E-state index contributed by atoms with van der Waals surface area (Å²) in [6, 6.07) is 18.6. The summed E-state index contributed by atoms with van der Waals surface area (Å²) in [6.45, 7) is 6.57. The Hall–Kier alpha value is -4.26. The predicted molar refractivity (Wildman–Crippen MR) is 147 cm³/mol. The second-order valence-electron chi connectivity index (χ2n) is 9.40. The van der Waals surface area contributed by atoms with Crippen molar-refractivity contribution >= 4 is 23.1 Å². The Morgan fingerprint density at radius 1 is 0.947 bits per heavy atom. The number of ether oxygens (including phenoxy) is 3. The van der Waals surface area contributed by atoms with Gasteiger partial charge in [0.05, 0.1) is 32.4 Å². The number of rotatable bonds is 9. The molecule has 0 aliphatic carbocycles. The van der Waals surface area contributed by atoms with E-state index >= 15 is 0 Å². The number of nitrogens with zero attached hydrogens (tertiary/aromatic N) is 1. The topological polar surface area (TPSA) is 85.3 Å². The van der Waals surface area contributed by atoms with Crippen molar-refractivity contribution in [3.8, 4) is 17.2 Å². The van der Waals surface area contributed by atoms with Crippen LogP contribution in [0.1, 0.15) is 55.8 Å². The molecule has 198 valence electrons. The lowest BCUT2D eigenvalue weighted by molar-refractivity contribution is -0.132. The SMILES string of the molecule is CCCOc1cccc(N2C(=O)C(=O)/C(=C(\O)c3ccc(OC)c(C(C)C)c3)C2c2cccc(OC)c2)c1. The van der Waals surface area contributed by atoms with Crippen LogP contribution in [0.25, 0.3) is 5.76 Å². The number of benzene rings is 3. The van der Waals surface area contributed by atoms with Gasteiger partial charge in [-0.1, -0.05) is 39.0 Å². The number of aliphatic hydroxyl groups excluding tert-OH is 1. The maximum atomic E-state index is 13.5. The summed E-state index contributed by atoms with van der Waals surface area (Å²) in [5.74, 6) is 0.209. The highest BCUT2D eigenvalue weighted by atomic mass is 16.5. The number of hydrogen-bond donors (Lipinski definition) is 1. The Morgan fingerprint density at radius 2 is 1.68 bits per heavy atom. The molecule has 1 heterocycles. The van der Waals surface area contributed by atoms with E-state index < -0.39 is 17.7 Å². The molecule has 7 nitrogen and oxygen atoms in total. The summed E-state index contributed by atoms with van der Waals surface area (Å²) in [6.07, 6.45) is 0.832. The zero-order valence-electron chi connectivity index (χ0n) is 22.4. The number of Topliss-reactive ketones (excluding diaryl/α,β-unsaturated/α-hetero) is 1. The molecule has 1 fully saturated rings. The fourth-order valence-corrected chi connectivity index (χ4v) is 4.66. The number of aliphatic hydroxyl groups is 1. The third-order valence-corrected chi connectivity index (χ3v) is 6.55. The van der Waals surface area contributed by atoms with Crippen LogP contribution in [-0.4, -0.2) is 37.6 Å². The predicted octanol–water partition coefficient (Wildman–Crippen LogP) is 6.24. The third-order valence-electron chi connectivity index (χ3n) is 6.55. The van der Waals surface area contributed by atoms with Gasteiger partial charge in [0, 0.05) is 17.3 Å². The third kappa shape index (κ3) is 5.09. The monoisotopic (exact) mass is 515 g/mol. The zero-order chi connectivity index (χ0) is 27.4. The molecule has 0 spiro atoms. The molecule has 1 unspecified atom stereocenters. The summed E-state index contributed by atoms with van der Waals surface area (Å²) in [4.78, 5) is 28.5. The standard InChI is InChI=1S/C31H33NO6/c1-6-15-38-24-12-8-10-22(18-24)32-28(20-9-7-11-23(16-20)36-4)27(30(34)31(32)35)29(33)21-13-14-26(37-5)25(17-21)19(2)3/h7-14,16-19,28,33H,6,15H2,1-5H3/b29-27-. The van der Waals surface area contributed by atoms with Gasteiger partial charge < -0.3 is 19.3 Å². The van der Waals surface area contributed by atoms with Crippen LogP contribution in [0.2, 0.25) is 0 Å². The number of carbonyl (C=O) groups excluding carboxylic acids is 2. The van der Waals surface area contributed by atoms with Crippen LogP contribution >= 0.6 is 0 Å². The molecule has 3 aromatic carbocycles. The maximum Gasteiger partial charge on any atom is 0.300 e. The Labute approximate surface area is 223 Å². The van der Waals surface area contributed by atoms with Crippen LogP contribution in [0.3, 0.4) is 0 Å². The van der Waals surface area contributed by atoms with Gasteiger partial charge in [-0.15, -0.1) is 0 Å². The first-order chi connectivity index (χ1) is 18.3. The van der Waals surface area contributed by atoms with E-state index in [2.05, 4.69) is 0 Å². The van der Waals surface area contributed by atoms with Crippen molar-refractivity contribution in [1.82, 2.24) is 0 Å². The Kier molecular flexibility index (Phi) is 8.05. The number of anilines is 1. The molecule has 0 aromatic heterocycles. The van der Waals surface area contributed by atoms with Crippen LogP contribution in [0, 0.1) is 0 Å². The molecular formula is C31H33NO6. The maximum absolute atomic E-state index is 13.5. The molecule has 1 aliphatic heterocycles. The van der Waals surface area contributed by atoms with E-state index in [9.17, 15) is 14.7 Å². The van der Waals surface area contributed by atoms with Crippen molar-refractivity contribution in [2.75, 3.05) is 25.7 Å². The summed E-state index contributed by atoms with van der Waals surface area (Å²) < 4.78 is 16.7. The highest BCUT2D eigenvalue weighted by Gasteiger charge is 2.47. The molecule has 1 amide bonds. The van der Waals surface area contributed by atoms with E-state index in [1.54, 1.807) is 74.9 Å². The fourth-order valence-electron chi connectivity index (χ4n) is 4.66. The van der Waals surface area contributed by atoms with Gasteiger partial charge >= 0.3 is 0 Å². The van der Waals surface area contributed by atoms with Gasteiger partial charge in [-0.25, -0.2) is 0 Å². The average Bonchev–Trinajstić information content (AvgIpc) is 3.21. The van der Waals surface area contributed by atoms with Crippen LogP contribution < -0.4 is 19.1 Å². The van der Waals surface area contributed by atoms with Crippen LogP contribution in [-0.2, 0) is 9.59 Å². The Bertz CT molecular complexity index is 1380. The minimum Gasteiger partial charge on any atom is -0.507 e. The molecule has 1 atom stereocenters. The summed E-state index contributed by atoms with van der Waals surface area (Å²) in [7, 11) is 3.14. The lowest BCUT2D eigenvalue weighted by Gasteiger charge is -2.26. The minimum atomic E-state index is -0.879. The van der Waals surface area contributed by atoms with E-state index in [1.165, 1.54) is 4.90 Å². The molecule has 1 saturated heterocycles. The van der Waals surface area contributed by atoms with E-state index in [0.29, 0.717) is 40.7 Å². The molecule has 1 N–H and O–H groups in total. The van der Waals surface area contributed by atoms with Gasteiger partial charge in [0.15, 0.2) is 0 Å². The molecule has 38 heavy (non-hydrogen) atoms. The molecule has 0 bridgehead atoms. The van der Waals surface area contributed by atoms with E-state index in [0.717, 1.165) is 12.0 Å². The first-order valence-corrected chi connectivity index (χ1v) is 12.7. The smallest absolute Gasteiger partial charge is 0.300 e. The van der Waals surface area contributed by atoms with Crippen LogP contribution in [0.15, 0.2) is 72.3 Å². The quantitative estimate of drug-likeness (QED) is 0.206. The van der Waals surface area contributed by atoms with Crippen molar-refractivity contribution in [3.05, 3.63) is 89.0 Å². The number of ketones is 1. The second kappa shape index (κ2) is 11.4. The van der Waals surface area contributed by atoms with Crippen molar-refractivity contribution < 1.29 is 28.9 Å². The minimum absolute atomic E-state index is 0.00278. The second-order valence-corrected chi connectivity index (χ2v) is 9.40. The van der Waals surface area contributed by atoms with Crippen molar-refractivity contribution in [1.29, 1.82) is 0 Å². The largest absolute Gasteiger partial charge is 0.507 e. The van der Waals surface area contributed by atoms with Crippen LogP contribution in [0.5, 0.6) is 17.2 Å². The summed E-state index contributed by atoms with van der Waals surface area (Å²) >= 11 is 0. The molecule has 0 saturated carbocycles. The zero-order valence-corrected chi connectivity index (χ0v) is 22.4. The van der Waals surface area contributed by atoms with E-state index in [-0.39, 0.29) is 17.3 Å². The lowest BCUT2D eigenvalue weighted by atomic mass is 9.93. The molecule has 4 rings (SSSR count). The molecule has 3 aromatic rings. The van der Waals surface area contributed by atoms with Gasteiger partial charge in [-0.2, -0.15) is 0 Å². The highest BCUT2D eigenvalue weighted by molar-refractivity contribution is 6.51. The van der Waals surface area contributed by atoms with Gasteiger partial charge in [-0.05, 0) is 65.9 Å². The average molecular weight is 516 g/mol. The first-order valence-electron chi connectivity index (χ1n) is 12.7. The molecule has 0 radical (unpaired) electrons. The number of amides is 1. The summed E-state index contributed by atoms with van der Waals surface area (Å²) in [5.41, 5.74) is 2.43. The normalized spacial score (nSPS) is 16.7.